The van der Waals surface area contributed by atoms with Gasteiger partial charge in [-0.15, -0.1) is 0 Å². The van der Waals surface area contributed by atoms with Gasteiger partial charge in [0.05, 0.1) is 11.0 Å². The van der Waals surface area contributed by atoms with Crippen molar-refractivity contribution in [3.8, 4) is 11.5 Å². The summed E-state index contributed by atoms with van der Waals surface area (Å²) in [4.78, 5) is 41.4. The van der Waals surface area contributed by atoms with Crippen molar-refractivity contribution in [2.75, 3.05) is 13.6 Å². The third-order valence-electron chi connectivity index (χ3n) is 9.23. The maximum atomic E-state index is 13.4. The Labute approximate surface area is 255 Å². The summed E-state index contributed by atoms with van der Waals surface area (Å²) < 4.78 is 22.8. The second-order valence-electron chi connectivity index (χ2n) is 13.1. The van der Waals surface area contributed by atoms with E-state index in [2.05, 4.69) is 10.2 Å². The third kappa shape index (κ3) is 4.69. The summed E-state index contributed by atoms with van der Waals surface area (Å²) in [7, 11) is 1.99. The molecule has 2 aliphatic heterocycles. The van der Waals surface area contributed by atoms with Crippen LogP contribution in [0.4, 0.5) is 4.79 Å². The number of benzene rings is 2. The Kier molecular flexibility index (Phi) is 7.16. The number of aromatic hydroxyl groups is 1. The molecule has 2 aromatic carbocycles. The van der Waals surface area contributed by atoms with E-state index < -0.39 is 52.9 Å². The zero-order chi connectivity index (χ0) is 31.6. The number of hydrogen-bond donors (Lipinski definition) is 3. The molecule has 0 radical (unpaired) electrons. The normalized spacial score (nSPS) is 28.0. The smallest absolute Gasteiger partial charge is 0.504 e. The van der Waals surface area contributed by atoms with Gasteiger partial charge in [0.25, 0.3) is 5.91 Å². The molecule has 1 fully saturated rings. The first-order valence-electron chi connectivity index (χ1n) is 14.9. The van der Waals surface area contributed by atoms with Crippen molar-refractivity contribution in [1.29, 1.82) is 0 Å². The zero-order valence-corrected chi connectivity index (χ0v) is 25.5. The molecule has 1 spiro atoms. The van der Waals surface area contributed by atoms with Crippen molar-refractivity contribution >= 4 is 18.0 Å². The zero-order valence-electron chi connectivity index (χ0n) is 25.5. The molecule has 2 aliphatic carbocycles. The Morgan fingerprint density at radius 1 is 1.14 bits per heavy atom. The van der Waals surface area contributed by atoms with Crippen LogP contribution >= 0.6 is 0 Å². The van der Waals surface area contributed by atoms with Crippen LogP contribution in [-0.4, -0.2) is 76.1 Å². The maximum absolute atomic E-state index is 13.4. The van der Waals surface area contributed by atoms with Gasteiger partial charge in [-0.1, -0.05) is 36.4 Å². The van der Waals surface area contributed by atoms with Crippen LogP contribution in [-0.2, 0) is 35.6 Å². The van der Waals surface area contributed by atoms with Crippen LogP contribution < -0.4 is 10.1 Å². The van der Waals surface area contributed by atoms with Gasteiger partial charge < -0.3 is 39.4 Å². The van der Waals surface area contributed by atoms with Gasteiger partial charge in [-0.05, 0) is 71.8 Å². The molecular weight excluding hydrogens is 568 g/mol. The summed E-state index contributed by atoms with van der Waals surface area (Å²) in [5, 5.41) is 25.6. The van der Waals surface area contributed by atoms with E-state index in [0.29, 0.717) is 30.7 Å². The number of nitrogens with one attached hydrogen (secondary N) is 1. The summed E-state index contributed by atoms with van der Waals surface area (Å²) in [6.07, 6.45) is -0.219. The highest BCUT2D eigenvalue weighted by atomic mass is 16.7. The fourth-order valence-corrected chi connectivity index (χ4v) is 7.26. The molecule has 4 aliphatic rings. The monoisotopic (exact) mass is 606 g/mol. The third-order valence-corrected chi connectivity index (χ3v) is 9.23. The van der Waals surface area contributed by atoms with Gasteiger partial charge in [-0.2, -0.15) is 0 Å². The number of aliphatic hydroxyl groups is 1. The first kappa shape index (κ1) is 30.0. The van der Waals surface area contributed by atoms with Crippen LogP contribution in [0.15, 0.2) is 54.3 Å². The lowest BCUT2D eigenvalue weighted by Gasteiger charge is -2.61. The predicted octanol–water partition coefficient (Wildman–Crippen LogP) is 3.41. The van der Waals surface area contributed by atoms with Crippen LogP contribution in [0.1, 0.15) is 63.3 Å². The summed E-state index contributed by atoms with van der Waals surface area (Å²) >= 11 is 0. The molecule has 6 rings (SSSR count). The number of rotatable bonds is 6. The molecule has 234 valence electrons. The molecule has 2 aromatic rings. The van der Waals surface area contributed by atoms with E-state index in [1.807, 2.05) is 13.1 Å². The van der Waals surface area contributed by atoms with Gasteiger partial charge >= 0.3 is 12.1 Å². The second-order valence-corrected chi connectivity index (χ2v) is 13.1. The standard InChI is InChI=1S/C33H38N2O9/c1-18(34-28(37)25(19-9-7-6-8-10-19)43-30(39)44-31(2,3)4)29(38)41-22-13-14-33(40)23-17-20-11-12-21(36)26-24(20)32(33,27(22)42-26)15-16-35(23)5/h6-13,18,23,25,27,36,40H,14-17H2,1-5H3,(H,34,37)/t18-,23+,25-,27-,32-,33+/m0/s1. The predicted molar refractivity (Wildman–Crippen MR) is 157 cm³/mol. The summed E-state index contributed by atoms with van der Waals surface area (Å²) in [5.41, 5.74) is -0.784. The minimum absolute atomic E-state index is 0.0319. The van der Waals surface area contributed by atoms with Crippen molar-refractivity contribution < 1.29 is 43.5 Å². The lowest BCUT2D eigenvalue weighted by atomic mass is 9.50. The number of carbonyl (C=O) groups excluding carboxylic acids is 3. The lowest BCUT2D eigenvalue weighted by Crippen LogP contribution is -2.74. The van der Waals surface area contributed by atoms with E-state index >= 15 is 0 Å². The molecule has 1 amide bonds. The molecule has 2 bridgehead atoms. The summed E-state index contributed by atoms with van der Waals surface area (Å²) in [6.45, 7) is 7.19. The van der Waals surface area contributed by atoms with Gasteiger partial charge in [0.15, 0.2) is 17.6 Å². The van der Waals surface area contributed by atoms with Crippen LogP contribution in [0.2, 0.25) is 0 Å². The number of esters is 1. The number of likely N-dealkylation sites (N-methyl/N-ethyl adjacent to an activating group) is 1. The molecule has 1 saturated heterocycles. The van der Waals surface area contributed by atoms with Crippen molar-refractivity contribution in [3.63, 3.8) is 0 Å². The molecule has 44 heavy (non-hydrogen) atoms. The minimum atomic E-state index is -1.38. The quantitative estimate of drug-likeness (QED) is 0.419. The highest BCUT2D eigenvalue weighted by Gasteiger charge is 2.72. The molecule has 6 atom stereocenters. The average molecular weight is 607 g/mol. The molecule has 11 nitrogen and oxygen atoms in total. The van der Waals surface area contributed by atoms with E-state index in [1.165, 1.54) is 6.92 Å². The molecule has 11 heteroatoms. The van der Waals surface area contributed by atoms with Crippen LogP contribution in [0.25, 0.3) is 0 Å². The van der Waals surface area contributed by atoms with Crippen LogP contribution in [0, 0.1) is 0 Å². The first-order chi connectivity index (χ1) is 20.7. The van der Waals surface area contributed by atoms with Gasteiger partial charge in [0.1, 0.15) is 17.4 Å². The number of piperidine rings is 1. The minimum Gasteiger partial charge on any atom is -0.504 e. The molecule has 2 heterocycles. The molecule has 0 aromatic heterocycles. The Bertz CT molecular complexity index is 1530. The van der Waals surface area contributed by atoms with Gasteiger partial charge in [-0.25, -0.2) is 9.59 Å². The van der Waals surface area contributed by atoms with E-state index in [1.54, 1.807) is 63.2 Å². The Morgan fingerprint density at radius 2 is 1.86 bits per heavy atom. The number of likely N-dealkylation sites (tertiary alicyclic amines) is 1. The Hall–Kier alpha value is -4.09. The number of phenols is 1. The molecular formula is C33H38N2O9. The van der Waals surface area contributed by atoms with Gasteiger partial charge in [-0.3, -0.25) is 4.79 Å². The van der Waals surface area contributed by atoms with E-state index in [0.717, 1.165) is 11.1 Å². The number of ether oxygens (including phenoxy) is 4. The van der Waals surface area contributed by atoms with Crippen molar-refractivity contribution in [2.45, 2.75) is 87.9 Å². The van der Waals surface area contributed by atoms with Gasteiger partial charge in [0.2, 0.25) is 6.10 Å². The van der Waals surface area contributed by atoms with Crippen molar-refractivity contribution in [1.82, 2.24) is 10.2 Å². The number of hydrogen-bond acceptors (Lipinski definition) is 10. The fraction of sp³-hybridized carbons (Fsp3) is 0.485. The lowest BCUT2D eigenvalue weighted by molar-refractivity contribution is -0.170. The van der Waals surface area contributed by atoms with Crippen molar-refractivity contribution in [3.05, 3.63) is 71.0 Å². The largest absolute Gasteiger partial charge is 0.509 e. The topological polar surface area (TPSA) is 144 Å². The number of amides is 1. The highest BCUT2D eigenvalue weighted by Crippen LogP contribution is 2.65. The highest BCUT2D eigenvalue weighted by molar-refractivity contribution is 5.89. The Morgan fingerprint density at radius 3 is 2.57 bits per heavy atom. The van der Waals surface area contributed by atoms with E-state index in [-0.39, 0.29) is 24.0 Å². The molecule has 0 unspecified atom stereocenters. The van der Waals surface area contributed by atoms with Crippen molar-refractivity contribution in [2.24, 2.45) is 0 Å². The second kappa shape index (κ2) is 10.5. The fourth-order valence-electron chi connectivity index (χ4n) is 7.26. The Balaban J connectivity index is 1.22. The maximum Gasteiger partial charge on any atom is 0.509 e. The summed E-state index contributed by atoms with van der Waals surface area (Å²) in [5.74, 6) is -1.00. The van der Waals surface area contributed by atoms with E-state index in [4.69, 9.17) is 18.9 Å². The first-order valence-corrected chi connectivity index (χ1v) is 14.9. The SMILES string of the molecule is C[C@H](NC(=O)[C@@H](OC(=O)OC(C)(C)C)c1ccccc1)C(=O)OC1=CC[C@@]2(O)[C@H]3Cc4ccc(O)c5c4[C@@]2(CCN3C)[C@H]1O5. The van der Waals surface area contributed by atoms with E-state index in [9.17, 15) is 24.6 Å². The van der Waals surface area contributed by atoms with Crippen LogP contribution in [0.5, 0.6) is 11.5 Å². The van der Waals surface area contributed by atoms with Crippen LogP contribution in [0.3, 0.4) is 0 Å². The summed E-state index contributed by atoms with van der Waals surface area (Å²) in [6, 6.07) is 10.6. The molecule has 0 saturated carbocycles. The number of carbonyl (C=O) groups is 3. The number of nitrogens with zero attached hydrogens (tertiary/aromatic N) is 1. The average Bonchev–Trinajstić information content (AvgIpc) is 3.32. The number of phenolic OH excluding ortho intramolecular Hbond substituents is 1. The van der Waals surface area contributed by atoms with Gasteiger partial charge in [0, 0.05) is 23.6 Å². The molecule has 3 N–H and O–H groups in total.